The summed E-state index contributed by atoms with van der Waals surface area (Å²) in [5.74, 6) is 0.258. The second kappa shape index (κ2) is 6.47. The first kappa shape index (κ1) is 14.5. The normalized spacial score (nSPS) is 20.4. The average Bonchev–Trinajstić information content (AvgIpc) is 2.46. The Morgan fingerprint density at radius 2 is 2.16 bits per heavy atom. The number of nitrogens with two attached hydrogens (primary N) is 1. The largest absolute Gasteiger partial charge is 0.381 e. The van der Waals surface area contributed by atoms with E-state index in [9.17, 15) is 8.42 Å². The fourth-order valence-electron chi connectivity index (χ4n) is 2.21. The van der Waals surface area contributed by atoms with Crippen molar-refractivity contribution >= 4 is 10.0 Å². The van der Waals surface area contributed by atoms with E-state index in [1.807, 2.05) is 0 Å². The molecule has 0 radical (unpaired) electrons. The molecule has 1 fully saturated rings. The van der Waals surface area contributed by atoms with Crippen molar-refractivity contribution in [3.8, 4) is 0 Å². The topological polar surface area (TPSA) is 81.4 Å². The SMILES string of the molecule is NCc1ccccc1S(=O)(=O)NCC1CCCOC1. The van der Waals surface area contributed by atoms with Crippen LogP contribution in [0.5, 0.6) is 0 Å². The summed E-state index contributed by atoms with van der Waals surface area (Å²) in [4.78, 5) is 0.272. The van der Waals surface area contributed by atoms with Gasteiger partial charge in [0.1, 0.15) is 0 Å². The maximum absolute atomic E-state index is 12.2. The first-order valence-corrected chi connectivity index (χ1v) is 7.97. The van der Waals surface area contributed by atoms with Gasteiger partial charge in [-0.2, -0.15) is 0 Å². The summed E-state index contributed by atoms with van der Waals surface area (Å²) >= 11 is 0. The monoisotopic (exact) mass is 284 g/mol. The van der Waals surface area contributed by atoms with Crippen LogP contribution in [0.25, 0.3) is 0 Å². The molecule has 1 aliphatic heterocycles. The molecule has 0 bridgehead atoms. The second-order valence-electron chi connectivity index (χ2n) is 4.75. The number of benzene rings is 1. The molecular formula is C13H20N2O3S. The van der Waals surface area contributed by atoms with Gasteiger partial charge in [0.25, 0.3) is 0 Å². The van der Waals surface area contributed by atoms with Crippen LogP contribution < -0.4 is 10.5 Å². The second-order valence-corrected chi connectivity index (χ2v) is 6.48. The fraction of sp³-hybridized carbons (Fsp3) is 0.538. The minimum atomic E-state index is -3.49. The van der Waals surface area contributed by atoms with Crippen molar-refractivity contribution < 1.29 is 13.2 Å². The number of rotatable bonds is 5. The van der Waals surface area contributed by atoms with Crippen LogP contribution in [0.2, 0.25) is 0 Å². The van der Waals surface area contributed by atoms with Crippen LogP contribution in [0.4, 0.5) is 0 Å². The van der Waals surface area contributed by atoms with E-state index in [4.69, 9.17) is 10.5 Å². The van der Waals surface area contributed by atoms with Gasteiger partial charge in [-0.3, -0.25) is 0 Å². The number of sulfonamides is 1. The maximum Gasteiger partial charge on any atom is 0.240 e. The van der Waals surface area contributed by atoms with Crippen LogP contribution in [-0.2, 0) is 21.3 Å². The Bertz CT molecular complexity index is 510. The van der Waals surface area contributed by atoms with E-state index in [1.54, 1.807) is 24.3 Å². The summed E-state index contributed by atoms with van der Waals surface area (Å²) in [5.41, 5.74) is 6.21. The summed E-state index contributed by atoms with van der Waals surface area (Å²) in [6.07, 6.45) is 1.99. The molecule has 106 valence electrons. The molecule has 0 aliphatic carbocycles. The number of hydrogen-bond acceptors (Lipinski definition) is 4. The molecule has 0 amide bonds. The third-order valence-electron chi connectivity index (χ3n) is 3.30. The predicted molar refractivity (Wildman–Crippen MR) is 73.1 cm³/mol. The van der Waals surface area contributed by atoms with Crippen LogP contribution in [-0.4, -0.2) is 28.2 Å². The number of ether oxygens (including phenoxy) is 1. The average molecular weight is 284 g/mol. The van der Waals surface area contributed by atoms with E-state index in [0.29, 0.717) is 18.7 Å². The van der Waals surface area contributed by atoms with Gasteiger partial charge in [0, 0.05) is 19.7 Å². The van der Waals surface area contributed by atoms with Crippen LogP contribution in [0.15, 0.2) is 29.2 Å². The highest BCUT2D eigenvalue weighted by molar-refractivity contribution is 7.89. The predicted octanol–water partition coefficient (Wildman–Crippen LogP) is 0.850. The van der Waals surface area contributed by atoms with Crippen LogP contribution in [0.1, 0.15) is 18.4 Å². The number of nitrogens with one attached hydrogen (secondary N) is 1. The molecule has 5 nitrogen and oxygen atoms in total. The van der Waals surface area contributed by atoms with Gasteiger partial charge in [0.2, 0.25) is 10.0 Å². The Morgan fingerprint density at radius 3 is 2.84 bits per heavy atom. The highest BCUT2D eigenvalue weighted by Gasteiger charge is 2.20. The van der Waals surface area contributed by atoms with Gasteiger partial charge in [-0.15, -0.1) is 0 Å². The van der Waals surface area contributed by atoms with Gasteiger partial charge in [-0.05, 0) is 30.4 Å². The van der Waals surface area contributed by atoms with Gasteiger partial charge in [-0.1, -0.05) is 18.2 Å². The lowest BCUT2D eigenvalue weighted by Crippen LogP contribution is -2.33. The molecule has 19 heavy (non-hydrogen) atoms. The minimum Gasteiger partial charge on any atom is -0.381 e. The quantitative estimate of drug-likeness (QED) is 0.840. The molecule has 0 aromatic heterocycles. The van der Waals surface area contributed by atoms with Crippen molar-refractivity contribution in [2.45, 2.75) is 24.3 Å². The van der Waals surface area contributed by atoms with Crippen LogP contribution in [0, 0.1) is 5.92 Å². The Kier molecular flexibility index (Phi) is 4.93. The first-order valence-electron chi connectivity index (χ1n) is 6.49. The van der Waals surface area contributed by atoms with Gasteiger partial charge in [0.15, 0.2) is 0 Å². The molecule has 2 rings (SSSR count). The zero-order valence-electron chi connectivity index (χ0n) is 10.8. The van der Waals surface area contributed by atoms with E-state index in [-0.39, 0.29) is 17.4 Å². The Hall–Kier alpha value is -0.950. The van der Waals surface area contributed by atoms with Gasteiger partial charge in [0.05, 0.1) is 11.5 Å². The van der Waals surface area contributed by atoms with Crippen LogP contribution >= 0.6 is 0 Å². The third-order valence-corrected chi connectivity index (χ3v) is 4.82. The summed E-state index contributed by atoms with van der Waals surface area (Å²) < 4.78 is 32.5. The molecule has 1 aromatic rings. The standard InChI is InChI=1S/C13H20N2O3S/c14-8-12-5-1-2-6-13(12)19(16,17)15-9-11-4-3-7-18-10-11/h1-2,5-6,11,15H,3-4,7-10,14H2. The Morgan fingerprint density at radius 1 is 1.37 bits per heavy atom. The minimum absolute atomic E-state index is 0.212. The zero-order chi connectivity index (χ0) is 13.7. The molecule has 1 aromatic carbocycles. The van der Waals surface area contributed by atoms with Crippen molar-refractivity contribution in [2.24, 2.45) is 11.7 Å². The molecule has 0 saturated carbocycles. The molecule has 1 unspecified atom stereocenters. The van der Waals surface area contributed by atoms with Gasteiger partial charge >= 0.3 is 0 Å². The molecule has 1 heterocycles. The molecule has 1 aliphatic rings. The van der Waals surface area contributed by atoms with Crippen LogP contribution in [0.3, 0.4) is 0 Å². The lowest BCUT2D eigenvalue weighted by molar-refractivity contribution is 0.0568. The fourth-order valence-corrected chi connectivity index (χ4v) is 3.57. The zero-order valence-corrected chi connectivity index (χ0v) is 11.7. The molecule has 6 heteroatoms. The van der Waals surface area contributed by atoms with Crippen molar-refractivity contribution in [1.82, 2.24) is 4.72 Å². The molecule has 1 saturated heterocycles. The van der Waals surface area contributed by atoms with Crippen molar-refractivity contribution in [3.63, 3.8) is 0 Å². The van der Waals surface area contributed by atoms with Crippen molar-refractivity contribution in [2.75, 3.05) is 19.8 Å². The van der Waals surface area contributed by atoms with Crippen molar-refractivity contribution in [1.29, 1.82) is 0 Å². The van der Waals surface area contributed by atoms with E-state index < -0.39 is 10.0 Å². The molecule has 1 atom stereocenters. The van der Waals surface area contributed by atoms with Gasteiger partial charge in [-0.25, -0.2) is 13.1 Å². The highest BCUT2D eigenvalue weighted by atomic mass is 32.2. The summed E-state index contributed by atoms with van der Waals surface area (Å²) in [7, 11) is -3.49. The lowest BCUT2D eigenvalue weighted by Gasteiger charge is -2.22. The summed E-state index contributed by atoms with van der Waals surface area (Å²) in [6.45, 7) is 2.03. The Labute approximate surface area is 114 Å². The summed E-state index contributed by atoms with van der Waals surface area (Å²) in [5, 5.41) is 0. The third kappa shape index (κ3) is 3.76. The molecule has 3 N–H and O–H groups in total. The Balaban J connectivity index is 2.05. The highest BCUT2D eigenvalue weighted by Crippen LogP contribution is 2.17. The lowest BCUT2D eigenvalue weighted by atomic mass is 10.0. The van der Waals surface area contributed by atoms with Gasteiger partial charge < -0.3 is 10.5 Å². The van der Waals surface area contributed by atoms with E-state index >= 15 is 0 Å². The van der Waals surface area contributed by atoms with E-state index in [1.165, 1.54) is 0 Å². The number of hydrogen-bond donors (Lipinski definition) is 2. The molecule has 0 spiro atoms. The molecular weight excluding hydrogens is 264 g/mol. The van der Waals surface area contributed by atoms with E-state index in [2.05, 4.69) is 4.72 Å². The van der Waals surface area contributed by atoms with Crippen molar-refractivity contribution in [3.05, 3.63) is 29.8 Å². The first-order chi connectivity index (χ1) is 9.13. The van der Waals surface area contributed by atoms with E-state index in [0.717, 1.165) is 19.4 Å². The summed E-state index contributed by atoms with van der Waals surface area (Å²) in [6, 6.07) is 6.81. The smallest absolute Gasteiger partial charge is 0.240 e. The maximum atomic E-state index is 12.2.